The smallest absolute Gasteiger partial charge is 0.298 e. The van der Waals surface area contributed by atoms with Gasteiger partial charge in [0.25, 0.3) is 6.01 Å². The third kappa shape index (κ3) is 1.89. The Morgan fingerprint density at radius 1 is 1.00 bits per heavy atom. The fourth-order valence-corrected chi connectivity index (χ4v) is 4.41. The molecule has 4 heteroatoms. The molecule has 3 aliphatic rings. The summed E-state index contributed by atoms with van der Waals surface area (Å²) in [5.41, 5.74) is 1.86. The van der Waals surface area contributed by atoms with Crippen LogP contribution in [0, 0.1) is 11.8 Å². The number of nitrogens with zero attached hydrogens (tertiary/aromatic N) is 3. The van der Waals surface area contributed by atoms with Crippen LogP contribution in [0.25, 0.3) is 11.1 Å². The minimum Gasteiger partial charge on any atom is -0.423 e. The van der Waals surface area contributed by atoms with E-state index < -0.39 is 0 Å². The van der Waals surface area contributed by atoms with Crippen LogP contribution in [0.2, 0.25) is 0 Å². The first-order valence-electron chi connectivity index (χ1n) is 8.21. The molecule has 0 bridgehead atoms. The number of likely N-dealkylation sites (tertiary alicyclic amines) is 1. The van der Waals surface area contributed by atoms with Crippen molar-refractivity contribution in [2.75, 3.05) is 31.1 Å². The van der Waals surface area contributed by atoms with Gasteiger partial charge < -0.3 is 9.32 Å². The van der Waals surface area contributed by atoms with E-state index in [9.17, 15) is 0 Å². The maximum Gasteiger partial charge on any atom is 0.298 e. The molecule has 2 aromatic rings. The van der Waals surface area contributed by atoms with E-state index in [0.29, 0.717) is 6.04 Å². The van der Waals surface area contributed by atoms with Crippen LogP contribution >= 0.6 is 0 Å². The standard InChI is InChI=1S/C17H21N3O/c1-2-7-16-15(6-1)18-17(21-16)20-10-14(11-20)19-8-12-4-3-5-13(12)9-19/h1-2,6-7,12-14H,3-5,8-11H2. The van der Waals surface area contributed by atoms with Crippen LogP contribution in [-0.4, -0.2) is 42.1 Å². The summed E-state index contributed by atoms with van der Waals surface area (Å²) in [7, 11) is 0. The van der Waals surface area contributed by atoms with Crippen molar-refractivity contribution in [1.29, 1.82) is 0 Å². The van der Waals surface area contributed by atoms with Gasteiger partial charge in [-0.3, -0.25) is 4.90 Å². The number of aromatic nitrogens is 1. The summed E-state index contributed by atoms with van der Waals surface area (Å²) in [5, 5.41) is 0. The van der Waals surface area contributed by atoms with E-state index in [1.165, 1.54) is 32.4 Å². The van der Waals surface area contributed by atoms with Gasteiger partial charge in [-0.05, 0) is 36.8 Å². The molecule has 4 nitrogen and oxygen atoms in total. The van der Waals surface area contributed by atoms with Crippen LogP contribution in [0.15, 0.2) is 28.7 Å². The zero-order valence-corrected chi connectivity index (χ0v) is 12.2. The van der Waals surface area contributed by atoms with Crippen molar-refractivity contribution in [3.8, 4) is 0 Å². The minimum absolute atomic E-state index is 0.714. The molecule has 0 radical (unpaired) electrons. The lowest BCUT2D eigenvalue weighted by Gasteiger charge is -2.43. The average molecular weight is 283 g/mol. The molecule has 3 heterocycles. The van der Waals surface area contributed by atoms with Gasteiger partial charge in [-0.1, -0.05) is 18.6 Å². The van der Waals surface area contributed by atoms with Gasteiger partial charge in [0.15, 0.2) is 5.58 Å². The van der Waals surface area contributed by atoms with Crippen molar-refractivity contribution in [1.82, 2.24) is 9.88 Å². The highest BCUT2D eigenvalue weighted by molar-refractivity contribution is 5.74. The Balaban J connectivity index is 1.26. The molecule has 2 unspecified atom stereocenters. The van der Waals surface area contributed by atoms with Gasteiger partial charge in [0, 0.05) is 32.2 Å². The lowest BCUT2D eigenvalue weighted by atomic mass is 10.0. The number of benzene rings is 1. The molecule has 1 aromatic heterocycles. The zero-order chi connectivity index (χ0) is 13.8. The first-order valence-corrected chi connectivity index (χ1v) is 8.21. The number of fused-ring (bicyclic) bond motifs is 2. The fraction of sp³-hybridized carbons (Fsp3) is 0.588. The second-order valence-electron chi connectivity index (χ2n) is 6.93. The van der Waals surface area contributed by atoms with Crippen LogP contribution in [0.3, 0.4) is 0 Å². The summed E-state index contributed by atoms with van der Waals surface area (Å²) >= 11 is 0. The van der Waals surface area contributed by atoms with E-state index in [2.05, 4.69) is 14.8 Å². The third-order valence-corrected chi connectivity index (χ3v) is 5.69. The Bertz CT molecular complexity index is 616. The Kier molecular flexibility index (Phi) is 2.56. The topological polar surface area (TPSA) is 32.5 Å². The van der Waals surface area contributed by atoms with E-state index in [0.717, 1.165) is 42.0 Å². The highest BCUT2D eigenvalue weighted by Gasteiger charge is 2.42. The van der Waals surface area contributed by atoms with Crippen molar-refractivity contribution in [2.45, 2.75) is 25.3 Å². The molecular formula is C17H21N3O. The zero-order valence-electron chi connectivity index (χ0n) is 12.2. The molecule has 2 atom stereocenters. The molecular weight excluding hydrogens is 262 g/mol. The summed E-state index contributed by atoms with van der Waals surface area (Å²) in [6, 6.07) is 9.53. The predicted octanol–water partition coefficient (Wildman–Crippen LogP) is 2.75. The van der Waals surface area contributed by atoms with E-state index in [-0.39, 0.29) is 0 Å². The summed E-state index contributed by atoms with van der Waals surface area (Å²) in [5.74, 6) is 1.98. The molecule has 0 N–H and O–H groups in total. The van der Waals surface area contributed by atoms with Gasteiger partial charge in [0.05, 0.1) is 0 Å². The molecule has 0 spiro atoms. The van der Waals surface area contributed by atoms with Gasteiger partial charge >= 0.3 is 0 Å². The van der Waals surface area contributed by atoms with Gasteiger partial charge in [-0.25, -0.2) is 0 Å². The molecule has 1 saturated carbocycles. The Morgan fingerprint density at radius 2 is 1.76 bits per heavy atom. The first-order chi connectivity index (χ1) is 10.4. The SMILES string of the molecule is c1ccc2oc(N3CC(N4CC5CCCC5C4)C3)nc2c1. The van der Waals surface area contributed by atoms with Gasteiger partial charge in [0.2, 0.25) is 0 Å². The predicted molar refractivity (Wildman–Crippen MR) is 82.4 cm³/mol. The second kappa shape index (κ2) is 4.47. The molecule has 1 aliphatic carbocycles. The van der Waals surface area contributed by atoms with Crippen LogP contribution in [0.4, 0.5) is 6.01 Å². The van der Waals surface area contributed by atoms with E-state index in [1.807, 2.05) is 24.3 Å². The molecule has 3 fully saturated rings. The van der Waals surface area contributed by atoms with Crippen molar-refractivity contribution >= 4 is 17.1 Å². The van der Waals surface area contributed by atoms with Crippen LogP contribution in [0.5, 0.6) is 0 Å². The molecule has 0 amide bonds. The largest absolute Gasteiger partial charge is 0.423 e. The Hall–Kier alpha value is -1.55. The van der Waals surface area contributed by atoms with Crippen molar-refractivity contribution in [2.24, 2.45) is 11.8 Å². The molecule has 1 aromatic carbocycles. The molecule has 5 rings (SSSR count). The minimum atomic E-state index is 0.714. The van der Waals surface area contributed by atoms with Crippen LogP contribution in [-0.2, 0) is 0 Å². The third-order valence-electron chi connectivity index (χ3n) is 5.69. The summed E-state index contributed by atoms with van der Waals surface area (Å²) in [6.45, 7) is 4.81. The quantitative estimate of drug-likeness (QED) is 0.848. The fourth-order valence-electron chi connectivity index (χ4n) is 4.41. The average Bonchev–Trinajstić information content (AvgIpc) is 3.09. The Morgan fingerprint density at radius 3 is 2.52 bits per heavy atom. The normalized spacial score (nSPS) is 30.0. The maximum atomic E-state index is 5.85. The number of anilines is 1. The number of hydrogen-bond donors (Lipinski definition) is 0. The highest BCUT2D eigenvalue weighted by Crippen LogP contribution is 2.39. The summed E-state index contributed by atoms with van der Waals surface area (Å²) in [6.07, 6.45) is 4.38. The molecule has 2 saturated heterocycles. The van der Waals surface area contributed by atoms with Gasteiger partial charge in [0.1, 0.15) is 5.52 Å². The van der Waals surface area contributed by atoms with E-state index >= 15 is 0 Å². The van der Waals surface area contributed by atoms with Gasteiger partial charge in [-0.15, -0.1) is 0 Å². The highest BCUT2D eigenvalue weighted by atomic mass is 16.4. The van der Waals surface area contributed by atoms with Crippen molar-refractivity contribution in [3.05, 3.63) is 24.3 Å². The lowest BCUT2D eigenvalue weighted by Crippen LogP contribution is -2.59. The van der Waals surface area contributed by atoms with Crippen LogP contribution < -0.4 is 4.90 Å². The molecule has 110 valence electrons. The number of rotatable bonds is 2. The summed E-state index contributed by atoms with van der Waals surface area (Å²) in [4.78, 5) is 9.59. The lowest BCUT2D eigenvalue weighted by molar-refractivity contribution is 0.185. The second-order valence-corrected chi connectivity index (χ2v) is 6.93. The first kappa shape index (κ1) is 12.0. The van der Waals surface area contributed by atoms with Crippen molar-refractivity contribution < 1.29 is 4.42 Å². The Labute approximate surface area is 124 Å². The number of para-hydroxylation sites is 2. The maximum absolute atomic E-state index is 5.85. The monoisotopic (exact) mass is 283 g/mol. The summed E-state index contributed by atoms with van der Waals surface area (Å²) < 4.78 is 5.85. The van der Waals surface area contributed by atoms with Gasteiger partial charge in [-0.2, -0.15) is 4.98 Å². The van der Waals surface area contributed by atoms with Crippen LogP contribution in [0.1, 0.15) is 19.3 Å². The van der Waals surface area contributed by atoms with E-state index in [1.54, 1.807) is 0 Å². The number of oxazole rings is 1. The molecule has 2 aliphatic heterocycles. The van der Waals surface area contributed by atoms with E-state index in [4.69, 9.17) is 4.42 Å². The van der Waals surface area contributed by atoms with Crippen molar-refractivity contribution in [3.63, 3.8) is 0 Å². The molecule has 21 heavy (non-hydrogen) atoms. The number of hydrogen-bond acceptors (Lipinski definition) is 4.